The van der Waals surface area contributed by atoms with Crippen LogP contribution in [0.15, 0.2) is 23.1 Å². The molecular formula is C17H24N4O5S. The molecule has 1 aromatic heterocycles. The van der Waals surface area contributed by atoms with Crippen molar-refractivity contribution in [3.63, 3.8) is 0 Å². The first-order valence-electron chi connectivity index (χ1n) is 8.51. The molecule has 1 heterocycles. The molecule has 2 rings (SSSR count). The molecule has 0 unspecified atom stereocenters. The number of nitrogens with one attached hydrogen (secondary N) is 1. The second-order valence-corrected chi connectivity index (χ2v) is 8.49. The molecule has 0 aliphatic heterocycles. The van der Waals surface area contributed by atoms with Gasteiger partial charge in [0.25, 0.3) is 0 Å². The normalized spacial score (nSPS) is 13.1. The number of carbonyl (C=O) groups is 2. The SMILES string of the molecule is CCn1c(CCC(=O)N[C@H](C)C(=O)O)nc2cc(S(=O)(=O)N(C)C)ccc21. The topological polar surface area (TPSA) is 122 Å². The summed E-state index contributed by atoms with van der Waals surface area (Å²) < 4.78 is 27.7. The standard InChI is InChI=1S/C17H24N4O5S/c1-5-21-14-7-6-12(27(25,26)20(3)4)10-13(14)19-15(21)8-9-16(22)18-11(2)17(23)24/h6-7,10-11H,5,8-9H2,1-4H3,(H,18,22)(H,23,24)/t11-/m1/s1. The molecule has 2 N–H and O–H groups in total. The molecule has 27 heavy (non-hydrogen) atoms. The average molecular weight is 396 g/mol. The van der Waals surface area contributed by atoms with Crippen molar-refractivity contribution in [2.45, 2.75) is 44.2 Å². The van der Waals surface area contributed by atoms with Gasteiger partial charge in [-0.3, -0.25) is 9.59 Å². The molecule has 2 aromatic rings. The predicted octanol–water partition coefficient (Wildman–Crippen LogP) is 0.828. The van der Waals surface area contributed by atoms with E-state index in [9.17, 15) is 18.0 Å². The minimum atomic E-state index is -3.56. The predicted molar refractivity (Wildman–Crippen MR) is 99.8 cm³/mol. The number of hydrogen-bond donors (Lipinski definition) is 2. The maximum Gasteiger partial charge on any atom is 0.325 e. The van der Waals surface area contributed by atoms with E-state index in [1.54, 1.807) is 6.07 Å². The van der Waals surface area contributed by atoms with E-state index in [4.69, 9.17) is 5.11 Å². The van der Waals surface area contributed by atoms with Crippen LogP contribution in [0.1, 0.15) is 26.1 Å². The molecule has 0 saturated carbocycles. The monoisotopic (exact) mass is 396 g/mol. The Labute approximate surface area is 158 Å². The molecule has 0 radical (unpaired) electrons. The van der Waals surface area contributed by atoms with Crippen LogP contribution < -0.4 is 5.32 Å². The van der Waals surface area contributed by atoms with Gasteiger partial charge in [0.2, 0.25) is 15.9 Å². The minimum Gasteiger partial charge on any atom is -0.480 e. The Balaban J connectivity index is 2.27. The van der Waals surface area contributed by atoms with E-state index in [1.165, 1.54) is 33.2 Å². The van der Waals surface area contributed by atoms with Gasteiger partial charge in [-0.05, 0) is 32.0 Å². The van der Waals surface area contributed by atoms with Gasteiger partial charge in [0.05, 0.1) is 15.9 Å². The molecule has 0 aliphatic carbocycles. The molecule has 1 amide bonds. The number of aromatic nitrogens is 2. The van der Waals surface area contributed by atoms with Gasteiger partial charge >= 0.3 is 5.97 Å². The number of carboxylic acid groups (broad SMARTS) is 1. The molecule has 0 aliphatic rings. The van der Waals surface area contributed by atoms with Gasteiger partial charge in [0, 0.05) is 33.5 Å². The first-order chi connectivity index (χ1) is 12.6. The van der Waals surface area contributed by atoms with Crippen molar-refractivity contribution in [3.8, 4) is 0 Å². The lowest BCUT2D eigenvalue weighted by atomic mass is 10.2. The number of carbonyl (C=O) groups excluding carboxylic acids is 1. The highest BCUT2D eigenvalue weighted by molar-refractivity contribution is 7.89. The third kappa shape index (κ3) is 4.45. The first-order valence-corrected chi connectivity index (χ1v) is 9.95. The van der Waals surface area contributed by atoms with E-state index >= 15 is 0 Å². The van der Waals surface area contributed by atoms with Gasteiger partial charge in [0.15, 0.2) is 0 Å². The molecule has 0 bridgehead atoms. The summed E-state index contributed by atoms with van der Waals surface area (Å²) in [5.74, 6) is -0.834. The van der Waals surface area contributed by atoms with E-state index in [0.717, 1.165) is 9.82 Å². The number of nitrogens with zero attached hydrogens (tertiary/aromatic N) is 3. The summed E-state index contributed by atoms with van der Waals surface area (Å²) in [4.78, 5) is 27.4. The maximum atomic E-state index is 12.3. The van der Waals surface area contributed by atoms with Crippen LogP contribution in [0.4, 0.5) is 0 Å². The molecule has 148 valence electrons. The zero-order chi connectivity index (χ0) is 20.4. The number of benzene rings is 1. The van der Waals surface area contributed by atoms with Crippen molar-refractivity contribution in [2.24, 2.45) is 0 Å². The smallest absolute Gasteiger partial charge is 0.325 e. The fraction of sp³-hybridized carbons (Fsp3) is 0.471. The quantitative estimate of drug-likeness (QED) is 0.682. The third-order valence-corrected chi connectivity index (χ3v) is 6.03. The van der Waals surface area contributed by atoms with Crippen molar-refractivity contribution in [1.82, 2.24) is 19.2 Å². The molecule has 0 saturated heterocycles. The fourth-order valence-electron chi connectivity index (χ4n) is 2.68. The lowest BCUT2D eigenvalue weighted by Gasteiger charge is -2.11. The highest BCUT2D eigenvalue weighted by Gasteiger charge is 2.20. The van der Waals surface area contributed by atoms with Gasteiger partial charge in [-0.1, -0.05) is 0 Å². The summed E-state index contributed by atoms with van der Waals surface area (Å²) in [5, 5.41) is 11.2. The molecule has 1 atom stereocenters. The van der Waals surface area contributed by atoms with Crippen LogP contribution in [-0.2, 0) is 32.6 Å². The van der Waals surface area contributed by atoms with E-state index in [0.29, 0.717) is 24.3 Å². The molecule has 9 nitrogen and oxygen atoms in total. The zero-order valence-corrected chi connectivity index (χ0v) is 16.6. The summed E-state index contributed by atoms with van der Waals surface area (Å²) >= 11 is 0. The molecule has 10 heteroatoms. The van der Waals surface area contributed by atoms with Gasteiger partial charge < -0.3 is 15.0 Å². The van der Waals surface area contributed by atoms with Crippen LogP contribution in [-0.4, -0.2) is 59.4 Å². The summed E-state index contributed by atoms with van der Waals surface area (Å²) in [6.07, 6.45) is 0.403. The van der Waals surface area contributed by atoms with Crippen LogP contribution in [0.25, 0.3) is 11.0 Å². The molecular weight excluding hydrogens is 372 g/mol. The van der Waals surface area contributed by atoms with E-state index < -0.39 is 22.0 Å². The number of fused-ring (bicyclic) bond motifs is 1. The van der Waals surface area contributed by atoms with Crippen LogP contribution in [0.5, 0.6) is 0 Å². The van der Waals surface area contributed by atoms with Gasteiger partial charge in [-0.15, -0.1) is 0 Å². The molecule has 0 spiro atoms. The fourth-order valence-corrected chi connectivity index (χ4v) is 3.60. The van der Waals surface area contributed by atoms with E-state index in [2.05, 4.69) is 10.3 Å². The van der Waals surface area contributed by atoms with Gasteiger partial charge in [-0.25, -0.2) is 17.7 Å². The van der Waals surface area contributed by atoms with Crippen molar-refractivity contribution in [1.29, 1.82) is 0 Å². The van der Waals surface area contributed by atoms with Crippen molar-refractivity contribution in [3.05, 3.63) is 24.0 Å². The Morgan fingerprint density at radius 3 is 2.56 bits per heavy atom. The van der Waals surface area contributed by atoms with Gasteiger partial charge in [0.1, 0.15) is 11.9 Å². The van der Waals surface area contributed by atoms with Crippen LogP contribution in [0.3, 0.4) is 0 Å². The maximum absolute atomic E-state index is 12.3. The second-order valence-electron chi connectivity index (χ2n) is 6.34. The number of aliphatic carboxylic acids is 1. The van der Waals surface area contributed by atoms with Gasteiger partial charge in [-0.2, -0.15) is 0 Å². The minimum absolute atomic E-state index is 0.0871. The number of imidazole rings is 1. The summed E-state index contributed by atoms with van der Waals surface area (Å²) in [7, 11) is -0.632. The van der Waals surface area contributed by atoms with Crippen molar-refractivity contribution < 1.29 is 23.1 Å². The Bertz CT molecular complexity index is 965. The lowest BCUT2D eigenvalue weighted by molar-refractivity contribution is -0.141. The summed E-state index contributed by atoms with van der Waals surface area (Å²) in [6, 6.07) is 3.81. The average Bonchev–Trinajstić information content (AvgIpc) is 2.96. The summed E-state index contributed by atoms with van der Waals surface area (Å²) in [6.45, 7) is 3.94. The lowest BCUT2D eigenvalue weighted by Crippen LogP contribution is -2.38. The highest BCUT2D eigenvalue weighted by Crippen LogP contribution is 2.22. The van der Waals surface area contributed by atoms with E-state index in [1.807, 2.05) is 11.5 Å². The number of amides is 1. The largest absolute Gasteiger partial charge is 0.480 e. The molecule has 0 fully saturated rings. The molecule has 1 aromatic carbocycles. The summed E-state index contributed by atoms with van der Waals surface area (Å²) in [5.41, 5.74) is 1.32. The Morgan fingerprint density at radius 1 is 1.33 bits per heavy atom. The number of carboxylic acids is 1. The van der Waals surface area contributed by atoms with Crippen molar-refractivity contribution >= 4 is 32.9 Å². The number of sulfonamides is 1. The second kappa shape index (κ2) is 8.05. The van der Waals surface area contributed by atoms with Crippen molar-refractivity contribution in [2.75, 3.05) is 14.1 Å². The number of rotatable bonds is 8. The Hall–Kier alpha value is -2.46. The van der Waals surface area contributed by atoms with Crippen LogP contribution in [0, 0.1) is 0 Å². The third-order valence-electron chi connectivity index (χ3n) is 4.22. The first kappa shape index (κ1) is 20.8. The number of hydrogen-bond acceptors (Lipinski definition) is 5. The number of aryl methyl sites for hydroxylation is 2. The Morgan fingerprint density at radius 2 is 2.00 bits per heavy atom. The van der Waals surface area contributed by atoms with Crippen LogP contribution in [0.2, 0.25) is 0 Å². The Kier molecular flexibility index (Phi) is 6.22. The zero-order valence-electron chi connectivity index (χ0n) is 15.8. The highest BCUT2D eigenvalue weighted by atomic mass is 32.2. The van der Waals surface area contributed by atoms with E-state index in [-0.39, 0.29) is 17.2 Å². The van der Waals surface area contributed by atoms with Crippen LogP contribution >= 0.6 is 0 Å².